The molecule has 0 aliphatic carbocycles. The van der Waals surface area contributed by atoms with Crippen LogP contribution in [-0.2, 0) is 6.54 Å². The number of nitrogens with zero attached hydrogens (tertiary/aromatic N) is 1. The number of aromatic nitrogens is 1. The highest BCUT2D eigenvalue weighted by Crippen LogP contribution is 2.32. The van der Waals surface area contributed by atoms with Crippen LogP contribution in [-0.4, -0.2) is 12.0 Å². The van der Waals surface area contributed by atoms with Gasteiger partial charge in [-0.3, -0.25) is 4.98 Å². The second-order valence-electron chi connectivity index (χ2n) is 3.69. The van der Waals surface area contributed by atoms with Crippen LogP contribution in [0.4, 0.5) is 0 Å². The molecular weight excluding hydrogens is 316 g/mol. The van der Waals surface area contributed by atoms with E-state index in [1.807, 2.05) is 25.2 Å². The van der Waals surface area contributed by atoms with Crippen molar-refractivity contribution in [1.29, 1.82) is 0 Å². The number of hydrogen-bond acceptors (Lipinski definition) is 3. The Bertz CT molecular complexity index is 548. The van der Waals surface area contributed by atoms with Gasteiger partial charge in [-0.2, -0.15) is 0 Å². The molecule has 1 aromatic heterocycles. The highest BCUT2D eigenvalue weighted by Gasteiger charge is 2.07. The van der Waals surface area contributed by atoms with Crippen LogP contribution in [0, 0.1) is 0 Å². The van der Waals surface area contributed by atoms with E-state index in [0.29, 0.717) is 17.3 Å². The largest absolute Gasteiger partial charge is 0.455 e. The minimum absolute atomic E-state index is 0.566. The van der Waals surface area contributed by atoms with E-state index in [1.54, 1.807) is 18.5 Å². The van der Waals surface area contributed by atoms with Gasteiger partial charge in [0.05, 0.1) is 5.02 Å². The summed E-state index contributed by atoms with van der Waals surface area (Å²) in [5.74, 6) is 1.38. The van der Waals surface area contributed by atoms with Crippen LogP contribution in [0.3, 0.4) is 0 Å². The Morgan fingerprint density at radius 2 is 2.17 bits per heavy atom. The summed E-state index contributed by atoms with van der Waals surface area (Å²) in [5.41, 5.74) is 0.985. The Labute approximate surface area is 119 Å². The maximum absolute atomic E-state index is 6.12. The van der Waals surface area contributed by atoms with Gasteiger partial charge in [0.1, 0.15) is 11.5 Å². The van der Waals surface area contributed by atoms with E-state index in [4.69, 9.17) is 16.3 Å². The van der Waals surface area contributed by atoms with Crippen molar-refractivity contribution < 1.29 is 4.74 Å². The molecule has 1 N–H and O–H groups in total. The first-order chi connectivity index (χ1) is 8.70. The summed E-state index contributed by atoms with van der Waals surface area (Å²) in [5, 5.41) is 3.64. The quantitative estimate of drug-likeness (QED) is 0.921. The van der Waals surface area contributed by atoms with E-state index in [-0.39, 0.29) is 0 Å². The highest BCUT2D eigenvalue weighted by atomic mass is 79.9. The van der Waals surface area contributed by atoms with Crippen LogP contribution in [0.15, 0.2) is 41.1 Å². The van der Waals surface area contributed by atoms with E-state index in [9.17, 15) is 0 Å². The molecule has 0 bridgehead atoms. The lowest BCUT2D eigenvalue weighted by Gasteiger charge is -2.11. The van der Waals surface area contributed by atoms with Crippen molar-refractivity contribution in [3.63, 3.8) is 0 Å². The minimum Gasteiger partial charge on any atom is -0.455 e. The summed E-state index contributed by atoms with van der Waals surface area (Å²) in [6.07, 6.45) is 3.47. The summed E-state index contributed by atoms with van der Waals surface area (Å²) >= 11 is 9.48. The van der Waals surface area contributed by atoms with Crippen LogP contribution < -0.4 is 10.1 Å². The van der Waals surface area contributed by atoms with Gasteiger partial charge < -0.3 is 10.1 Å². The van der Waals surface area contributed by atoms with Crippen LogP contribution in [0.2, 0.25) is 5.02 Å². The first-order valence-electron chi connectivity index (χ1n) is 5.41. The predicted octanol–water partition coefficient (Wildman–Crippen LogP) is 4.01. The van der Waals surface area contributed by atoms with E-state index in [1.165, 1.54) is 0 Å². The average Bonchev–Trinajstić information content (AvgIpc) is 2.35. The van der Waals surface area contributed by atoms with Crippen molar-refractivity contribution in [3.8, 4) is 11.5 Å². The molecule has 2 rings (SSSR count). The second kappa shape index (κ2) is 6.18. The molecule has 1 heterocycles. The zero-order valence-corrected chi connectivity index (χ0v) is 12.1. The maximum atomic E-state index is 6.12. The van der Waals surface area contributed by atoms with Crippen molar-refractivity contribution in [2.75, 3.05) is 7.05 Å². The number of pyridine rings is 1. The topological polar surface area (TPSA) is 34.2 Å². The Morgan fingerprint density at radius 1 is 1.33 bits per heavy atom. The van der Waals surface area contributed by atoms with E-state index >= 15 is 0 Å². The van der Waals surface area contributed by atoms with Gasteiger partial charge >= 0.3 is 0 Å². The number of halogens is 2. The summed E-state index contributed by atoms with van der Waals surface area (Å²) in [4.78, 5) is 4.08. The molecular formula is C13H12BrClN2O. The van der Waals surface area contributed by atoms with Crippen molar-refractivity contribution in [1.82, 2.24) is 10.3 Å². The van der Waals surface area contributed by atoms with E-state index in [0.717, 1.165) is 15.8 Å². The molecule has 0 radical (unpaired) electrons. The number of nitrogens with one attached hydrogen (secondary N) is 1. The molecule has 0 aliphatic heterocycles. The lowest BCUT2D eigenvalue weighted by atomic mass is 10.2. The van der Waals surface area contributed by atoms with Gasteiger partial charge in [0.15, 0.2) is 0 Å². The second-order valence-corrected chi connectivity index (χ2v) is 5.01. The van der Waals surface area contributed by atoms with Gasteiger partial charge in [-0.1, -0.05) is 27.5 Å². The molecule has 5 heteroatoms. The van der Waals surface area contributed by atoms with Crippen molar-refractivity contribution in [2.24, 2.45) is 0 Å². The predicted molar refractivity (Wildman–Crippen MR) is 76.2 cm³/mol. The zero-order chi connectivity index (χ0) is 13.0. The summed E-state index contributed by atoms with van der Waals surface area (Å²) in [6, 6.07) is 7.34. The smallest absolute Gasteiger partial charge is 0.146 e. The van der Waals surface area contributed by atoms with Crippen LogP contribution in [0.1, 0.15) is 5.56 Å². The number of ether oxygens (including phenoxy) is 1. The fourth-order valence-electron chi connectivity index (χ4n) is 1.51. The molecule has 1 aromatic carbocycles. The van der Waals surface area contributed by atoms with Crippen molar-refractivity contribution >= 4 is 27.5 Å². The lowest BCUT2D eigenvalue weighted by molar-refractivity contribution is 0.473. The van der Waals surface area contributed by atoms with Gasteiger partial charge in [0, 0.05) is 29.0 Å². The monoisotopic (exact) mass is 326 g/mol. The van der Waals surface area contributed by atoms with Gasteiger partial charge in [0.2, 0.25) is 0 Å². The first-order valence-corrected chi connectivity index (χ1v) is 6.58. The van der Waals surface area contributed by atoms with Crippen molar-refractivity contribution in [3.05, 3.63) is 51.7 Å². The summed E-state index contributed by atoms with van der Waals surface area (Å²) < 4.78 is 6.74. The van der Waals surface area contributed by atoms with Crippen molar-refractivity contribution in [2.45, 2.75) is 6.54 Å². The summed E-state index contributed by atoms with van der Waals surface area (Å²) in [7, 11) is 1.88. The Balaban J connectivity index is 2.28. The SMILES string of the molecule is CNCc1cnccc1Oc1ccc(Br)cc1Cl. The third kappa shape index (κ3) is 3.22. The van der Waals surface area contributed by atoms with Gasteiger partial charge in [-0.25, -0.2) is 0 Å². The minimum atomic E-state index is 0.566. The number of benzene rings is 1. The molecule has 2 aromatic rings. The van der Waals surface area contributed by atoms with E-state index < -0.39 is 0 Å². The molecule has 18 heavy (non-hydrogen) atoms. The van der Waals surface area contributed by atoms with Crippen LogP contribution in [0.25, 0.3) is 0 Å². The van der Waals surface area contributed by atoms with Gasteiger partial charge in [-0.05, 0) is 31.3 Å². The molecule has 0 fully saturated rings. The third-order valence-electron chi connectivity index (χ3n) is 2.34. The van der Waals surface area contributed by atoms with E-state index in [2.05, 4.69) is 26.2 Å². The molecule has 0 atom stereocenters. The molecule has 0 spiro atoms. The first kappa shape index (κ1) is 13.3. The van der Waals surface area contributed by atoms with Gasteiger partial charge in [-0.15, -0.1) is 0 Å². The van der Waals surface area contributed by atoms with Crippen LogP contribution in [0.5, 0.6) is 11.5 Å². The molecule has 0 saturated heterocycles. The zero-order valence-electron chi connectivity index (χ0n) is 9.78. The van der Waals surface area contributed by atoms with Crippen LogP contribution >= 0.6 is 27.5 Å². The van der Waals surface area contributed by atoms with Gasteiger partial charge in [0.25, 0.3) is 0 Å². The standard InChI is InChI=1S/C13H12BrClN2O/c1-16-7-9-8-17-5-4-12(9)18-13-3-2-10(14)6-11(13)15/h2-6,8,16H,7H2,1H3. The molecule has 0 saturated carbocycles. The fraction of sp³-hybridized carbons (Fsp3) is 0.154. The molecule has 94 valence electrons. The Hall–Kier alpha value is -1.10. The third-order valence-corrected chi connectivity index (χ3v) is 3.13. The highest BCUT2D eigenvalue weighted by molar-refractivity contribution is 9.10. The fourth-order valence-corrected chi connectivity index (χ4v) is 2.23. The molecule has 0 unspecified atom stereocenters. The number of rotatable bonds is 4. The molecule has 0 amide bonds. The Kier molecular flexibility index (Phi) is 4.58. The molecule has 3 nitrogen and oxygen atoms in total. The Morgan fingerprint density at radius 3 is 2.89 bits per heavy atom. The normalized spacial score (nSPS) is 10.4. The summed E-state index contributed by atoms with van der Waals surface area (Å²) in [6.45, 7) is 0.692. The lowest BCUT2D eigenvalue weighted by Crippen LogP contribution is -2.06. The average molecular weight is 328 g/mol. The maximum Gasteiger partial charge on any atom is 0.146 e. The molecule has 0 aliphatic rings. The number of hydrogen-bond donors (Lipinski definition) is 1.